The van der Waals surface area contributed by atoms with Crippen molar-refractivity contribution in [2.75, 3.05) is 5.32 Å². The molecule has 29 heavy (non-hydrogen) atoms. The number of ether oxygens (including phenoxy) is 1. The first kappa shape index (κ1) is 17.9. The Bertz CT molecular complexity index is 1070. The summed E-state index contributed by atoms with van der Waals surface area (Å²) in [4.78, 5) is 2.53. The lowest BCUT2D eigenvalue weighted by Crippen LogP contribution is -2.10. The molecule has 0 radical (unpaired) electrons. The Hall–Kier alpha value is -3.17. The number of fused-ring (bicyclic) bond motifs is 1. The Kier molecular flexibility index (Phi) is 4.97. The van der Waals surface area contributed by atoms with Gasteiger partial charge >= 0.3 is 0 Å². The maximum Gasteiger partial charge on any atom is 0.196 e. The molecular weight excluding hydrogens is 374 g/mol. The molecule has 0 spiro atoms. The van der Waals surface area contributed by atoms with Crippen molar-refractivity contribution in [2.45, 2.75) is 22.4 Å². The first-order valence-electron chi connectivity index (χ1n) is 9.76. The molecule has 0 aromatic heterocycles. The van der Waals surface area contributed by atoms with Gasteiger partial charge in [0.15, 0.2) is 6.23 Å². The predicted molar refractivity (Wildman–Crippen MR) is 120 cm³/mol. The van der Waals surface area contributed by atoms with Crippen molar-refractivity contribution in [1.29, 1.82) is 0 Å². The van der Waals surface area contributed by atoms with Crippen LogP contribution >= 0.6 is 11.8 Å². The molecule has 4 aromatic rings. The topological polar surface area (TPSA) is 21.3 Å². The maximum atomic E-state index is 6.00. The van der Waals surface area contributed by atoms with Gasteiger partial charge in [0, 0.05) is 15.4 Å². The lowest BCUT2D eigenvalue weighted by molar-refractivity contribution is 0.260. The van der Waals surface area contributed by atoms with Crippen LogP contribution in [0.5, 0.6) is 5.75 Å². The average Bonchev–Trinajstić information content (AvgIpc) is 3.21. The highest BCUT2D eigenvalue weighted by Crippen LogP contribution is 2.37. The zero-order valence-corrected chi connectivity index (χ0v) is 16.7. The zero-order chi connectivity index (χ0) is 19.5. The van der Waals surface area contributed by atoms with Gasteiger partial charge in [-0.05, 0) is 53.9 Å². The minimum atomic E-state index is -0.115. The molecule has 0 amide bonds. The molecule has 1 N–H and O–H groups in total. The van der Waals surface area contributed by atoms with Gasteiger partial charge in [-0.3, -0.25) is 0 Å². The third kappa shape index (κ3) is 4.15. The molecule has 1 heterocycles. The largest absolute Gasteiger partial charge is 0.464 e. The highest BCUT2D eigenvalue weighted by molar-refractivity contribution is 7.99. The van der Waals surface area contributed by atoms with Gasteiger partial charge in [-0.15, -0.1) is 0 Å². The van der Waals surface area contributed by atoms with E-state index in [-0.39, 0.29) is 6.23 Å². The Morgan fingerprint density at radius 1 is 0.655 bits per heavy atom. The fourth-order valence-electron chi connectivity index (χ4n) is 3.48. The van der Waals surface area contributed by atoms with Crippen LogP contribution in [0.3, 0.4) is 0 Å². The van der Waals surface area contributed by atoms with Crippen LogP contribution in [-0.2, 0) is 6.42 Å². The van der Waals surface area contributed by atoms with Gasteiger partial charge in [-0.1, -0.05) is 78.5 Å². The van der Waals surface area contributed by atoms with Crippen LogP contribution in [-0.4, -0.2) is 0 Å². The van der Waals surface area contributed by atoms with E-state index in [1.165, 1.54) is 20.9 Å². The Morgan fingerprint density at radius 3 is 2.00 bits per heavy atom. The summed E-state index contributed by atoms with van der Waals surface area (Å²) >= 11 is 1.79. The van der Waals surface area contributed by atoms with Gasteiger partial charge < -0.3 is 10.1 Å². The Labute approximate surface area is 175 Å². The number of nitrogens with one attached hydrogen (secondary N) is 1. The average molecular weight is 396 g/mol. The molecule has 1 aliphatic rings. The minimum absolute atomic E-state index is 0.115. The van der Waals surface area contributed by atoms with Crippen LogP contribution in [0.25, 0.3) is 0 Å². The van der Waals surface area contributed by atoms with E-state index in [4.69, 9.17) is 4.74 Å². The van der Waals surface area contributed by atoms with E-state index in [1.807, 2.05) is 30.3 Å². The second kappa shape index (κ2) is 8.06. The van der Waals surface area contributed by atoms with Crippen molar-refractivity contribution >= 4 is 17.4 Å². The minimum Gasteiger partial charge on any atom is -0.464 e. The summed E-state index contributed by atoms with van der Waals surface area (Å²) in [6, 6.07) is 36.1. The SMILES string of the molecule is c1ccc(Sc2ccc(Cc3ccc(C4Nc5ccccc5O4)cc3)cc2)cc1. The number of hydrogen-bond donors (Lipinski definition) is 1. The molecule has 0 aliphatic carbocycles. The monoisotopic (exact) mass is 395 g/mol. The molecular formula is C26H21NOS. The van der Waals surface area contributed by atoms with E-state index in [2.05, 4.69) is 78.1 Å². The second-order valence-corrected chi connectivity index (χ2v) is 8.26. The van der Waals surface area contributed by atoms with Gasteiger partial charge in [0.05, 0.1) is 5.69 Å². The van der Waals surface area contributed by atoms with Crippen molar-refractivity contribution in [1.82, 2.24) is 0 Å². The van der Waals surface area contributed by atoms with Crippen molar-refractivity contribution in [3.8, 4) is 5.75 Å². The van der Waals surface area contributed by atoms with E-state index in [0.29, 0.717) is 0 Å². The lowest BCUT2D eigenvalue weighted by atomic mass is 10.0. The molecule has 3 heteroatoms. The van der Waals surface area contributed by atoms with Crippen LogP contribution in [0.15, 0.2) is 113 Å². The van der Waals surface area contributed by atoms with Gasteiger partial charge in [0.25, 0.3) is 0 Å². The molecule has 1 aliphatic heterocycles. The van der Waals surface area contributed by atoms with Gasteiger partial charge in [-0.2, -0.15) is 0 Å². The summed E-state index contributed by atoms with van der Waals surface area (Å²) in [5.41, 5.74) is 4.81. The van der Waals surface area contributed by atoms with Crippen molar-refractivity contribution < 1.29 is 4.74 Å². The smallest absolute Gasteiger partial charge is 0.196 e. The number of rotatable bonds is 5. The van der Waals surface area contributed by atoms with Crippen molar-refractivity contribution in [3.63, 3.8) is 0 Å². The van der Waals surface area contributed by atoms with E-state index in [0.717, 1.165) is 23.4 Å². The fourth-order valence-corrected chi connectivity index (χ4v) is 4.32. The Morgan fingerprint density at radius 2 is 1.28 bits per heavy atom. The Balaban J connectivity index is 1.22. The highest BCUT2D eigenvalue weighted by Gasteiger charge is 2.22. The van der Waals surface area contributed by atoms with Gasteiger partial charge in [0.1, 0.15) is 5.75 Å². The van der Waals surface area contributed by atoms with Crippen LogP contribution in [0.2, 0.25) is 0 Å². The van der Waals surface area contributed by atoms with E-state index in [9.17, 15) is 0 Å². The highest BCUT2D eigenvalue weighted by atomic mass is 32.2. The predicted octanol–water partition coefficient (Wildman–Crippen LogP) is 6.93. The number of para-hydroxylation sites is 2. The molecule has 1 atom stereocenters. The van der Waals surface area contributed by atoms with E-state index >= 15 is 0 Å². The summed E-state index contributed by atoms with van der Waals surface area (Å²) in [5, 5.41) is 3.42. The van der Waals surface area contributed by atoms with Gasteiger partial charge in [0.2, 0.25) is 0 Å². The molecule has 1 unspecified atom stereocenters. The third-order valence-corrected chi connectivity index (χ3v) is 6.03. The summed E-state index contributed by atoms with van der Waals surface area (Å²) in [6.07, 6.45) is 0.811. The van der Waals surface area contributed by atoms with Crippen LogP contribution < -0.4 is 10.1 Å². The van der Waals surface area contributed by atoms with Crippen molar-refractivity contribution in [3.05, 3.63) is 120 Å². The summed E-state index contributed by atoms with van der Waals surface area (Å²) in [7, 11) is 0. The fraction of sp³-hybridized carbons (Fsp3) is 0.0769. The number of hydrogen-bond acceptors (Lipinski definition) is 3. The first-order valence-corrected chi connectivity index (χ1v) is 10.6. The molecule has 5 rings (SSSR count). The number of benzene rings is 4. The summed E-state index contributed by atoms with van der Waals surface area (Å²) in [5.74, 6) is 0.912. The quantitative estimate of drug-likeness (QED) is 0.396. The molecule has 2 nitrogen and oxygen atoms in total. The van der Waals surface area contributed by atoms with Crippen LogP contribution in [0, 0.1) is 0 Å². The normalized spacial score (nSPS) is 14.7. The molecule has 0 fully saturated rings. The molecule has 0 saturated heterocycles. The number of anilines is 1. The summed E-state index contributed by atoms with van der Waals surface area (Å²) < 4.78 is 6.00. The standard InChI is InChI=1S/C26H21NOS/c1-2-6-22(7-3-1)29-23-16-12-20(13-17-23)18-19-10-14-21(15-11-19)26-27-24-8-4-5-9-25(24)28-26/h1-17,26-27H,18H2. The first-order chi connectivity index (χ1) is 14.3. The molecule has 142 valence electrons. The lowest BCUT2D eigenvalue weighted by Gasteiger charge is -2.12. The zero-order valence-electron chi connectivity index (χ0n) is 15.9. The van der Waals surface area contributed by atoms with Crippen LogP contribution in [0.1, 0.15) is 22.9 Å². The third-order valence-electron chi connectivity index (χ3n) is 5.01. The van der Waals surface area contributed by atoms with E-state index < -0.39 is 0 Å². The van der Waals surface area contributed by atoms with Crippen molar-refractivity contribution in [2.24, 2.45) is 0 Å². The van der Waals surface area contributed by atoms with E-state index in [1.54, 1.807) is 11.8 Å². The van der Waals surface area contributed by atoms with Gasteiger partial charge in [-0.25, -0.2) is 0 Å². The molecule has 4 aromatic carbocycles. The second-order valence-electron chi connectivity index (χ2n) is 7.12. The molecule has 0 bridgehead atoms. The molecule has 0 saturated carbocycles. The summed E-state index contributed by atoms with van der Waals surface area (Å²) in [6.45, 7) is 0. The maximum absolute atomic E-state index is 6.00. The van der Waals surface area contributed by atoms with Crippen LogP contribution in [0.4, 0.5) is 5.69 Å².